The van der Waals surface area contributed by atoms with Crippen molar-refractivity contribution in [1.82, 2.24) is 5.32 Å². The first-order valence-corrected chi connectivity index (χ1v) is 6.69. The Hall–Kier alpha value is -1.74. The summed E-state index contributed by atoms with van der Waals surface area (Å²) in [5, 5.41) is 3.52. The molecule has 1 aromatic heterocycles. The number of rotatable bonds is 7. The minimum Gasteiger partial charge on any atom is -0.497 e. The Bertz CT molecular complexity index is 479. The molecule has 1 N–H and O–H groups in total. The summed E-state index contributed by atoms with van der Waals surface area (Å²) in [5.74, 6) is 0.913. The van der Waals surface area contributed by atoms with Crippen molar-refractivity contribution in [2.24, 2.45) is 0 Å². The highest BCUT2D eigenvalue weighted by atomic mass is 16.5. The number of hydrogen-bond donors (Lipinski definition) is 1. The second-order valence-corrected chi connectivity index (χ2v) is 4.65. The maximum absolute atomic E-state index is 5.27. The first-order chi connectivity index (χ1) is 9.31. The van der Waals surface area contributed by atoms with E-state index in [1.807, 2.05) is 24.5 Å². The Morgan fingerprint density at radius 3 is 2.74 bits per heavy atom. The van der Waals surface area contributed by atoms with Crippen molar-refractivity contribution in [2.75, 3.05) is 13.7 Å². The van der Waals surface area contributed by atoms with E-state index in [2.05, 4.69) is 24.4 Å². The zero-order valence-corrected chi connectivity index (χ0v) is 11.6. The van der Waals surface area contributed by atoms with Crippen LogP contribution in [0.15, 0.2) is 47.3 Å². The minimum absolute atomic E-state index is 0.412. The maximum Gasteiger partial charge on any atom is 0.119 e. The van der Waals surface area contributed by atoms with Crippen LogP contribution in [0.25, 0.3) is 0 Å². The third-order valence-corrected chi connectivity index (χ3v) is 3.17. The Morgan fingerprint density at radius 2 is 2.05 bits per heavy atom. The zero-order chi connectivity index (χ0) is 13.5. The first-order valence-electron chi connectivity index (χ1n) is 6.69. The second kappa shape index (κ2) is 7.00. The van der Waals surface area contributed by atoms with Crippen molar-refractivity contribution in [2.45, 2.75) is 25.8 Å². The first kappa shape index (κ1) is 13.7. The third-order valence-electron chi connectivity index (χ3n) is 3.17. The molecule has 0 bridgehead atoms. The van der Waals surface area contributed by atoms with Gasteiger partial charge in [0.2, 0.25) is 0 Å². The molecular formula is C16H21NO2. The molecule has 2 aromatic rings. The maximum atomic E-state index is 5.27. The van der Waals surface area contributed by atoms with Gasteiger partial charge in [0.1, 0.15) is 5.75 Å². The van der Waals surface area contributed by atoms with Crippen LogP contribution in [0.5, 0.6) is 5.75 Å². The number of hydrogen-bond acceptors (Lipinski definition) is 3. The van der Waals surface area contributed by atoms with Crippen LogP contribution in [0, 0.1) is 0 Å². The van der Waals surface area contributed by atoms with Crippen molar-refractivity contribution < 1.29 is 9.15 Å². The second-order valence-electron chi connectivity index (χ2n) is 4.65. The predicted octanol–water partition coefficient (Wildman–Crippen LogP) is 3.05. The van der Waals surface area contributed by atoms with Crippen LogP contribution in [-0.4, -0.2) is 19.7 Å². The monoisotopic (exact) mass is 259 g/mol. The standard InChI is InChI=1S/C16H21NO2/c1-3-17-15(10-14-7-8-19-12-14)9-13-5-4-6-16(11-13)18-2/h4-8,11-12,15,17H,3,9-10H2,1-2H3. The molecule has 0 spiro atoms. The van der Waals surface area contributed by atoms with Gasteiger partial charge in [-0.1, -0.05) is 19.1 Å². The lowest BCUT2D eigenvalue weighted by molar-refractivity contribution is 0.413. The molecule has 0 fully saturated rings. The van der Waals surface area contributed by atoms with E-state index in [0.29, 0.717) is 6.04 Å². The zero-order valence-electron chi connectivity index (χ0n) is 11.6. The molecular weight excluding hydrogens is 238 g/mol. The van der Waals surface area contributed by atoms with Crippen LogP contribution in [0.1, 0.15) is 18.1 Å². The van der Waals surface area contributed by atoms with Gasteiger partial charge in [0, 0.05) is 6.04 Å². The van der Waals surface area contributed by atoms with Gasteiger partial charge < -0.3 is 14.5 Å². The Morgan fingerprint density at radius 1 is 1.21 bits per heavy atom. The van der Waals surface area contributed by atoms with Crippen LogP contribution in [0.3, 0.4) is 0 Å². The van der Waals surface area contributed by atoms with E-state index < -0.39 is 0 Å². The Labute approximate surface area is 114 Å². The molecule has 2 rings (SSSR count). The number of likely N-dealkylation sites (N-methyl/N-ethyl adjacent to an activating group) is 1. The van der Waals surface area contributed by atoms with Gasteiger partial charge in [-0.25, -0.2) is 0 Å². The molecule has 0 amide bonds. The lowest BCUT2D eigenvalue weighted by Crippen LogP contribution is -2.32. The normalized spacial score (nSPS) is 12.3. The fraction of sp³-hybridized carbons (Fsp3) is 0.375. The van der Waals surface area contributed by atoms with Crippen LogP contribution in [0.4, 0.5) is 0 Å². The summed E-state index contributed by atoms with van der Waals surface area (Å²) in [5.41, 5.74) is 2.52. The summed E-state index contributed by atoms with van der Waals surface area (Å²) in [4.78, 5) is 0. The average Bonchev–Trinajstić information content (AvgIpc) is 2.92. The van der Waals surface area contributed by atoms with E-state index in [9.17, 15) is 0 Å². The fourth-order valence-corrected chi connectivity index (χ4v) is 2.28. The van der Waals surface area contributed by atoms with Gasteiger partial charge in [-0.15, -0.1) is 0 Å². The molecule has 102 valence electrons. The van der Waals surface area contributed by atoms with Crippen LogP contribution >= 0.6 is 0 Å². The van der Waals surface area contributed by atoms with Crippen molar-refractivity contribution in [3.8, 4) is 5.75 Å². The van der Waals surface area contributed by atoms with E-state index in [4.69, 9.17) is 9.15 Å². The lowest BCUT2D eigenvalue weighted by Gasteiger charge is -2.17. The van der Waals surface area contributed by atoms with Gasteiger partial charge in [-0.2, -0.15) is 0 Å². The van der Waals surface area contributed by atoms with Gasteiger partial charge in [0.15, 0.2) is 0 Å². The number of methoxy groups -OCH3 is 1. The van der Waals surface area contributed by atoms with E-state index in [1.165, 1.54) is 11.1 Å². The van der Waals surface area contributed by atoms with E-state index in [-0.39, 0.29) is 0 Å². The van der Waals surface area contributed by atoms with Gasteiger partial charge in [0.25, 0.3) is 0 Å². The van der Waals surface area contributed by atoms with Crippen molar-refractivity contribution in [3.05, 3.63) is 54.0 Å². The lowest BCUT2D eigenvalue weighted by atomic mass is 10.0. The third kappa shape index (κ3) is 4.14. The quantitative estimate of drug-likeness (QED) is 0.830. The summed E-state index contributed by atoms with van der Waals surface area (Å²) >= 11 is 0. The summed E-state index contributed by atoms with van der Waals surface area (Å²) in [6.45, 7) is 3.10. The summed E-state index contributed by atoms with van der Waals surface area (Å²) in [6, 6.07) is 10.7. The summed E-state index contributed by atoms with van der Waals surface area (Å²) < 4.78 is 10.4. The number of ether oxygens (including phenoxy) is 1. The molecule has 0 saturated heterocycles. The molecule has 0 aliphatic rings. The molecule has 0 aliphatic carbocycles. The highest BCUT2D eigenvalue weighted by molar-refractivity contribution is 5.29. The van der Waals surface area contributed by atoms with Crippen molar-refractivity contribution in [3.63, 3.8) is 0 Å². The number of benzene rings is 1. The van der Waals surface area contributed by atoms with Gasteiger partial charge >= 0.3 is 0 Å². The van der Waals surface area contributed by atoms with Gasteiger partial charge in [0.05, 0.1) is 19.6 Å². The fourth-order valence-electron chi connectivity index (χ4n) is 2.28. The van der Waals surface area contributed by atoms with Crippen LogP contribution < -0.4 is 10.1 Å². The molecule has 0 saturated carbocycles. The summed E-state index contributed by atoms with van der Waals surface area (Å²) in [6.07, 6.45) is 5.50. The molecule has 1 aromatic carbocycles. The highest BCUT2D eigenvalue weighted by Crippen LogP contribution is 2.15. The largest absolute Gasteiger partial charge is 0.497 e. The number of furan rings is 1. The van der Waals surface area contributed by atoms with Crippen LogP contribution in [-0.2, 0) is 12.8 Å². The molecule has 1 heterocycles. The highest BCUT2D eigenvalue weighted by Gasteiger charge is 2.10. The van der Waals surface area contributed by atoms with E-state index in [0.717, 1.165) is 25.1 Å². The van der Waals surface area contributed by atoms with Gasteiger partial charge in [-0.3, -0.25) is 0 Å². The number of nitrogens with one attached hydrogen (secondary N) is 1. The SMILES string of the molecule is CCNC(Cc1ccoc1)Cc1cccc(OC)c1. The van der Waals surface area contributed by atoms with Crippen molar-refractivity contribution in [1.29, 1.82) is 0 Å². The van der Waals surface area contributed by atoms with E-state index >= 15 is 0 Å². The molecule has 0 radical (unpaired) electrons. The average molecular weight is 259 g/mol. The van der Waals surface area contributed by atoms with Gasteiger partial charge in [-0.05, 0) is 48.7 Å². The molecule has 1 unspecified atom stereocenters. The van der Waals surface area contributed by atoms with Crippen molar-refractivity contribution >= 4 is 0 Å². The minimum atomic E-state index is 0.412. The molecule has 19 heavy (non-hydrogen) atoms. The van der Waals surface area contributed by atoms with E-state index in [1.54, 1.807) is 13.4 Å². The predicted molar refractivity (Wildman–Crippen MR) is 76.6 cm³/mol. The Balaban J connectivity index is 2.02. The molecule has 0 aliphatic heterocycles. The van der Waals surface area contributed by atoms with Crippen LogP contribution in [0.2, 0.25) is 0 Å². The molecule has 3 nitrogen and oxygen atoms in total. The topological polar surface area (TPSA) is 34.4 Å². The smallest absolute Gasteiger partial charge is 0.119 e. The Kier molecular flexibility index (Phi) is 5.04. The summed E-state index contributed by atoms with van der Waals surface area (Å²) in [7, 11) is 1.70. The molecule has 1 atom stereocenters. The molecule has 3 heteroatoms.